The summed E-state index contributed by atoms with van der Waals surface area (Å²) in [7, 11) is 3.10. The summed E-state index contributed by atoms with van der Waals surface area (Å²) in [5.41, 5.74) is -0.258. The maximum atomic E-state index is 11.3. The first-order valence-electron chi connectivity index (χ1n) is 5.00. The van der Waals surface area contributed by atoms with Crippen LogP contribution in [0, 0.1) is 0 Å². The van der Waals surface area contributed by atoms with E-state index in [1.165, 1.54) is 7.11 Å². The summed E-state index contributed by atoms with van der Waals surface area (Å²) in [4.78, 5) is 11.3. The second kappa shape index (κ2) is 3.51. The number of rotatable bonds is 2. The van der Waals surface area contributed by atoms with Gasteiger partial charge in [0, 0.05) is 13.5 Å². The molecule has 80 valence electrons. The zero-order chi connectivity index (χ0) is 10.2. The summed E-state index contributed by atoms with van der Waals surface area (Å²) >= 11 is 0. The van der Waals surface area contributed by atoms with Gasteiger partial charge in [0.05, 0.1) is 13.2 Å². The summed E-state index contributed by atoms with van der Waals surface area (Å²) in [6, 6.07) is 0. The summed E-state index contributed by atoms with van der Waals surface area (Å²) < 4.78 is 15.4. The van der Waals surface area contributed by atoms with Crippen LogP contribution in [0.4, 0.5) is 0 Å². The number of carbonyl (C=O) groups is 1. The number of methoxy groups -OCH3 is 2. The van der Waals surface area contributed by atoms with Crippen molar-refractivity contribution in [1.29, 1.82) is 0 Å². The van der Waals surface area contributed by atoms with E-state index in [0.717, 1.165) is 25.7 Å². The number of hydrogen-bond acceptors (Lipinski definition) is 4. The average molecular weight is 200 g/mol. The molecule has 0 radical (unpaired) electrons. The Kier molecular flexibility index (Phi) is 2.49. The van der Waals surface area contributed by atoms with Gasteiger partial charge in [-0.2, -0.15) is 0 Å². The van der Waals surface area contributed by atoms with Crippen LogP contribution in [0.5, 0.6) is 0 Å². The molecule has 1 saturated carbocycles. The van der Waals surface area contributed by atoms with Gasteiger partial charge in [-0.3, -0.25) is 0 Å². The lowest BCUT2D eigenvalue weighted by Crippen LogP contribution is -2.32. The van der Waals surface area contributed by atoms with Crippen molar-refractivity contribution < 1.29 is 19.0 Å². The summed E-state index contributed by atoms with van der Waals surface area (Å²) in [5, 5.41) is 0. The molecule has 2 aliphatic rings. The van der Waals surface area contributed by atoms with E-state index in [4.69, 9.17) is 9.47 Å². The van der Waals surface area contributed by atoms with Crippen LogP contribution < -0.4 is 0 Å². The topological polar surface area (TPSA) is 48.1 Å². The van der Waals surface area contributed by atoms with E-state index in [0.29, 0.717) is 0 Å². The van der Waals surface area contributed by atoms with Gasteiger partial charge in [-0.15, -0.1) is 0 Å². The van der Waals surface area contributed by atoms with Gasteiger partial charge in [0.15, 0.2) is 6.10 Å². The maximum Gasteiger partial charge on any atom is 0.338 e. The van der Waals surface area contributed by atoms with Crippen molar-refractivity contribution in [1.82, 2.24) is 0 Å². The molecule has 1 aliphatic heterocycles. The highest BCUT2D eigenvalue weighted by Crippen LogP contribution is 2.49. The first-order valence-corrected chi connectivity index (χ1v) is 5.00. The van der Waals surface area contributed by atoms with E-state index in [-0.39, 0.29) is 23.8 Å². The van der Waals surface area contributed by atoms with Crippen LogP contribution in [-0.2, 0) is 19.0 Å². The molecule has 3 atom stereocenters. The predicted molar refractivity (Wildman–Crippen MR) is 48.9 cm³/mol. The molecule has 2 fully saturated rings. The Labute approximate surface area is 83.5 Å². The zero-order valence-corrected chi connectivity index (χ0v) is 8.62. The smallest absolute Gasteiger partial charge is 0.338 e. The van der Waals surface area contributed by atoms with E-state index in [2.05, 4.69) is 4.74 Å². The third-order valence-corrected chi connectivity index (χ3v) is 3.22. The molecule has 3 unspecified atom stereocenters. The molecule has 0 aromatic heterocycles. The molecule has 4 nitrogen and oxygen atoms in total. The van der Waals surface area contributed by atoms with Crippen molar-refractivity contribution in [3.8, 4) is 0 Å². The molecule has 1 aliphatic carbocycles. The molecule has 0 aromatic carbocycles. The lowest BCUT2D eigenvalue weighted by Gasteiger charge is -2.25. The van der Waals surface area contributed by atoms with Gasteiger partial charge in [-0.25, -0.2) is 4.79 Å². The highest BCUT2D eigenvalue weighted by Gasteiger charge is 2.62. The lowest BCUT2D eigenvalue weighted by atomic mass is 9.84. The largest absolute Gasteiger partial charge is 0.467 e. The number of hydrogen-bond donors (Lipinski definition) is 0. The molecule has 0 amide bonds. The van der Waals surface area contributed by atoms with Crippen molar-refractivity contribution in [3.63, 3.8) is 0 Å². The molecule has 1 heterocycles. The highest BCUT2D eigenvalue weighted by atomic mass is 16.7. The minimum atomic E-state index is -0.342. The summed E-state index contributed by atoms with van der Waals surface area (Å²) in [5.74, 6) is -0.248. The molecule has 0 N–H and O–H groups in total. The van der Waals surface area contributed by atoms with Gasteiger partial charge in [0.1, 0.15) is 5.60 Å². The molecule has 4 heteroatoms. The fourth-order valence-electron chi connectivity index (χ4n) is 2.34. The van der Waals surface area contributed by atoms with Crippen molar-refractivity contribution in [2.45, 2.75) is 43.5 Å². The van der Waals surface area contributed by atoms with Gasteiger partial charge in [-0.05, 0) is 19.3 Å². The summed E-state index contributed by atoms with van der Waals surface area (Å²) in [6.45, 7) is 0. The third-order valence-electron chi connectivity index (χ3n) is 3.22. The first-order chi connectivity index (χ1) is 6.72. The Morgan fingerprint density at radius 1 is 1.50 bits per heavy atom. The Hall–Kier alpha value is -0.610. The highest BCUT2D eigenvalue weighted by molar-refractivity contribution is 5.79. The molecular weight excluding hydrogens is 184 g/mol. The van der Waals surface area contributed by atoms with E-state index in [1.54, 1.807) is 7.11 Å². The predicted octanol–water partition coefficient (Wildman–Crippen LogP) is 0.886. The van der Waals surface area contributed by atoms with Crippen molar-refractivity contribution in [3.05, 3.63) is 0 Å². The molecule has 0 bridgehead atoms. The number of carbonyl (C=O) groups excluding carboxylic acids is 1. The van der Waals surface area contributed by atoms with E-state index in [1.807, 2.05) is 0 Å². The fraction of sp³-hybridized carbons (Fsp3) is 0.900. The normalized spacial score (nSPS) is 41.0. The van der Waals surface area contributed by atoms with E-state index < -0.39 is 0 Å². The monoisotopic (exact) mass is 200 g/mol. The number of esters is 1. The lowest BCUT2D eigenvalue weighted by molar-refractivity contribution is -0.142. The third kappa shape index (κ3) is 1.53. The quantitative estimate of drug-likeness (QED) is 0.490. The van der Waals surface area contributed by atoms with Gasteiger partial charge in [0.2, 0.25) is 0 Å². The summed E-state index contributed by atoms with van der Waals surface area (Å²) in [6.07, 6.45) is 3.79. The number of epoxide rings is 1. The maximum absolute atomic E-state index is 11.3. The standard InChI is InChI=1S/C10H16O4/c1-12-7-4-3-5-10(6-7)8(14-10)9(11)13-2/h7-8H,3-6H2,1-2H3. The van der Waals surface area contributed by atoms with Gasteiger partial charge in [0.25, 0.3) is 0 Å². The molecule has 1 spiro atoms. The zero-order valence-electron chi connectivity index (χ0n) is 8.62. The minimum absolute atomic E-state index is 0.235. The molecule has 1 saturated heterocycles. The van der Waals surface area contributed by atoms with Crippen LogP contribution in [0.15, 0.2) is 0 Å². The van der Waals surface area contributed by atoms with E-state index in [9.17, 15) is 4.79 Å². The molecule has 14 heavy (non-hydrogen) atoms. The van der Waals surface area contributed by atoms with Crippen LogP contribution in [0.1, 0.15) is 25.7 Å². The Bertz CT molecular complexity index is 240. The Morgan fingerprint density at radius 3 is 2.93 bits per heavy atom. The SMILES string of the molecule is COC(=O)C1OC12CCCC(OC)C2. The Balaban J connectivity index is 1.96. The second-order valence-corrected chi connectivity index (χ2v) is 4.04. The fourth-order valence-corrected chi connectivity index (χ4v) is 2.34. The van der Waals surface area contributed by atoms with Crippen molar-refractivity contribution in [2.24, 2.45) is 0 Å². The van der Waals surface area contributed by atoms with Crippen molar-refractivity contribution >= 4 is 5.97 Å². The minimum Gasteiger partial charge on any atom is -0.467 e. The van der Waals surface area contributed by atoms with Crippen LogP contribution in [0.25, 0.3) is 0 Å². The van der Waals surface area contributed by atoms with Gasteiger partial charge < -0.3 is 14.2 Å². The first kappa shape index (κ1) is 9.93. The number of ether oxygens (including phenoxy) is 3. The molecule has 2 rings (SSSR count). The van der Waals surface area contributed by atoms with Crippen LogP contribution in [0.2, 0.25) is 0 Å². The van der Waals surface area contributed by atoms with Crippen LogP contribution >= 0.6 is 0 Å². The van der Waals surface area contributed by atoms with Gasteiger partial charge in [-0.1, -0.05) is 0 Å². The molecular formula is C10H16O4. The van der Waals surface area contributed by atoms with Crippen LogP contribution in [-0.4, -0.2) is 38.0 Å². The van der Waals surface area contributed by atoms with Crippen molar-refractivity contribution in [2.75, 3.05) is 14.2 Å². The van der Waals surface area contributed by atoms with Gasteiger partial charge >= 0.3 is 5.97 Å². The molecule has 0 aromatic rings. The average Bonchev–Trinajstić information content (AvgIpc) is 2.91. The Morgan fingerprint density at radius 2 is 2.29 bits per heavy atom. The van der Waals surface area contributed by atoms with Crippen LogP contribution in [0.3, 0.4) is 0 Å². The second-order valence-electron chi connectivity index (χ2n) is 4.04. The van der Waals surface area contributed by atoms with E-state index >= 15 is 0 Å².